The maximum Gasteiger partial charge on any atom is 0.253 e. The minimum absolute atomic E-state index is 0.201. The van der Waals surface area contributed by atoms with Gasteiger partial charge in [0.1, 0.15) is 5.82 Å². The number of aromatic nitrogens is 5. The summed E-state index contributed by atoms with van der Waals surface area (Å²) in [6, 6.07) is 3.21. The Balaban J connectivity index is 1.95. The van der Waals surface area contributed by atoms with Crippen molar-refractivity contribution >= 4 is 11.7 Å². The second-order valence-corrected chi connectivity index (χ2v) is 3.09. The van der Waals surface area contributed by atoms with E-state index in [9.17, 15) is 4.79 Å². The van der Waals surface area contributed by atoms with Crippen LogP contribution in [0.5, 0.6) is 0 Å². The summed E-state index contributed by atoms with van der Waals surface area (Å²) in [6.45, 7) is 0.201. The van der Waals surface area contributed by atoms with Gasteiger partial charge in [0.15, 0.2) is 5.82 Å². The third-order valence-corrected chi connectivity index (χ3v) is 1.97. The van der Waals surface area contributed by atoms with Gasteiger partial charge in [-0.25, -0.2) is 10.8 Å². The average molecular weight is 234 g/mol. The van der Waals surface area contributed by atoms with E-state index in [-0.39, 0.29) is 12.5 Å². The molecule has 0 radical (unpaired) electrons. The molecule has 0 aliphatic carbocycles. The zero-order valence-electron chi connectivity index (χ0n) is 8.71. The van der Waals surface area contributed by atoms with Crippen LogP contribution in [-0.2, 0) is 6.54 Å². The molecular formula is C8H10N8O. The van der Waals surface area contributed by atoms with E-state index in [1.54, 1.807) is 12.1 Å². The molecule has 2 rings (SSSR count). The number of anilines is 1. The van der Waals surface area contributed by atoms with Crippen LogP contribution in [0.25, 0.3) is 0 Å². The van der Waals surface area contributed by atoms with E-state index in [4.69, 9.17) is 5.84 Å². The number of amides is 1. The molecule has 17 heavy (non-hydrogen) atoms. The summed E-state index contributed by atoms with van der Waals surface area (Å²) in [6.07, 6.45) is 1.42. The lowest BCUT2D eigenvalue weighted by atomic mass is 10.2. The number of nitrogens with two attached hydrogens (primary N) is 1. The number of hydrogen-bond donors (Lipinski definition) is 4. The highest BCUT2D eigenvalue weighted by Gasteiger charge is 2.07. The molecule has 0 aliphatic heterocycles. The first-order valence-electron chi connectivity index (χ1n) is 4.73. The molecule has 88 valence electrons. The topological polar surface area (TPSA) is 134 Å². The molecule has 2 heterocycles. The zero-order chi connectivity index (χ0) is 12.1. The van der Waals surface area contributed by atoms with E-state index in [0.29, 0.717) is 17.2 Å². The van der Waals surface area contributed by atoms with Gasteiger partial charge in [0, 0.05) is 6.20 Å². The number of H-pyrrole nitrogens is 1. The molecule has 0 fully saturated rings. The van der Waals surface area contributed by atoms with Gasteiger partial charge < -0.3 is 10.7 Å². The third kappa shape index (κ3) is 2.72. The highest BCUT2D eigenvalue weighted by atomic mass is 16.1. The largest absolute Gasteiger partial charge is 0.345 e. The predicted molar refractivity (Wildman–Crippen MR) is 57.4 cm³/mol. The van der Waals surface area contributed by atoms with Crippen LogP contribution in [0, 0.1) is 0 Å². The van der Waals surface area contributed by atoms with Gasteiger partial charge in [-0.2, -0.15) is 5.21 Å². The number of rotatable bonds is 4. The molecule has 0 saturated heterocycles. The van der Waals surface area contributed by atoms with Gasteiger partial charge in [-0.05, 0) is 12.1 Å². The van der Waals surface area contributed by atoms with E-state index in [1.807, 2.05) is 0 Å². The Morgan fingerprint density at radius 3 is 2.94 bits per heavy atom. The van der Waals surface area contributed by atoms with Crippen LogP contribution < -0.4 is 16.6 Å². The fourth-order valence-corrected chi connectivity index (χ4v) is 1.13. The zero-order valence-corrected chi connectivity index (χ0v) is 8.71. The Labute approximate surface area is 95.8 Å². The monoisotopic (exact) mass is 234 g/mol. The Kier molecular flexibility index (Phi) is 3.21. The third-order valence-electron chi connectivity index (χ3n) is 1.97. The summed E-state index contributed by atoms with van der Waals surface area (Å²) < 4.78 is 0. The molecule has 0 bridgehead atoms. The molecule has 9 nitrogen and oxygen atoms in total. The summed E-state index contributed by atoms with van der Waals surface area (Å²) in [5.74, 6) is 5.78. The van der Waals surface area contributed by atoms with Crippen molar-refractivity contribution in [3.8, 4) is 0 Å². The normalized spacial score (nSPS) is 9.94. The van der Waals surface area contributed by atoms with Crippen LogP contribution in [0.15, 0.2) is 18.3 Å². The molecule has 0 aromatic carbocycles. The summed E-state index contributed by atoms with van der Waals surface area (Å²) in [4.78, 5) is 15.6. The second kappa shape index (κ2) is 4.99. The van der Waals surface area contributed by atoms with Gasteiger partial charge in [0.05, 0.1) is 12.1 Å². The molecule has 0 atom stereocenters. The SMILES string of the molecule is NNc1ccc(C(=O)NCc2nn[nH]n2)cn1. The number of hydrazine groups is 1. The Hall–Kier alpha value is -2.55. The average Bonchev–Trinajstić information content (AvgIpc) is 2.89. The molecule has 1 amide bonds. The summed E-state index contributed by atoms with van der Waals surface area (Å²) in [5, 5.41) is 15.7. The number of nitrogens with one attached hydrogen (secondary N) is 3. The van der Waals surface area contributed by atoms with Crippen molar-refractivity contribution < 1.29 is 4.79 Å². The Bertz CT molecular complexity index is 479. The molecule has 0 aliphatic rings. The van der Waals surface area contributed by atoms with Crippen LogP contribution in [0.1, 0.15) is 16.2 Å². The highest BCUT2D eigenvalue weighted by Crippen LogP contribution is 2.03. The fourth-order valence-electron chi connectivity index (χ4n) is 1.13. The van der Waals surface area contributed by atoms with Crippen LogP contribution in [-0.4, -0.2) is 31.5 Å². The van der Waals surface area contributed by atoms with Crippen LogP contribution >= 0.6 is 0 Å². The molecule has 2 aromatic heterocycles. The van der Waals surface area contributed by atoms with Crippen molar-refractivity contribution in [2.45, 2.75) is 6.54 Å². The smallest absolute Gasteiger partial charge is 0.253 e. The van der Waals surface area contributed by atoms with Crippen molar-refractivity contribution in [1.29, 1.82) is 0 Å². The minimum Gasteiger partial charge on any atom is -0.345 e. The maximum absolute atomic E-state index is 11.7. The van der Waals surface area contributed by atoms with Crippen molar-refractivity contribution in [2.24, 2.45) is 5.84 Å². The first kappa shape index (κ1) is 11.0. The van der Waals surface area contributed by atoms with E-state index in [2.05, 4.69) is 36.4 Å². The van der Waals surface area contributed by atoms with Gasteiger partial charge >= 0.3 is 0 Å². The maximum atomic E-state index is 11.7. The number of aromatic amines is 1. The lowest BCUT2D eigenvalue weighted by molar-refractivity contribution is 0.0949. The van der Waals surface area contributed by atoms with E-state index >= 15 is 0 Å². The van der Waals surface area contributed by atoms with Gasteiger partial charge in [0.25, 0.3) is 5.91 Å². The molecule has 0 unspecified atom stereocenters. The lowest BCUT2D eigenvalue weighted by Gasteiger charge is -2.03. The molecule has 0 spiro atoms. The highest BCUT2D eigenvalue weighted by molar-refractivity contribution is 5.93. The van der Waals surface area contributed by atoms with Gasteiger partial charge in [0.2, 0.25) is 0 Å². The van der Waals surface area contributed by atoms with Gasteiger partial charge in [-0.1, -0.05) is 5.21 Å². The molecule has 0 saturated carbocycles. The minimum atomic E-state index is -0.272. The van der Waals surface area contributed by atoms with Gasteiger partial charge in [-0.15, -0.1) is 10.2 Å². The van der Waals surface area contributed by atoms with Crippen molar-refractivity contribution in [1.82, 2.24) is 30.9 Å². The number of nitrogens with zero attached hydrogens (tertiary/aromatic N) is 4. The van der Waals surface area contributed by atoms with Crippen molar-refractivity contribution in [3.63, 3.8) is 0 Å². The summed E-state index contributed by atoms with van der Waals surface area (Å²) >= 11 is 0. The Morgan fingerprint density at radius 2 is 2.35 bits per heavy atom. The number of tetrazole rings is 1. The predicted octanol–water partition coefficient (Wildman–Crippen LogP) is -1.19. The second-order valence-electron chi connectivity index (χ2n) is 3.09. The molecule has 5 N–H and O–H groups in total. The van der Waals surface area contributed by atoms with Gasteiger partial charge in [-0.3, -0.25) is 4.79 Å². The van der Waals surface area contributed by atoms with Crippen LogP contribution in [0.3, 0.4) is 0 Å². The molecular weight excluding hydrogens is 224 g/mol. The first-order valence-corrected chi connectivity index (χ1v) is 4.73. The standard InChI is InChI=1S/C8H10N8O/c9-12-6-2-1-5(3-10-6)8(17)11-4-7-13-15-16-14-7/h1-3H,4,9H2,(H,10,12)(H,11,17)(H,13,14,15,16). The van der Waals surface area contributed by atoms with Crippen LogP contribution in [0.2, 0.25) is 0 Å². The van der Waals surface area contributed by atoms with Crippen molar-refractivity contribution in [2.75, 3.05) is 5.43 Å². The summed E-state index contributed by atoms with van der Waals surface area (Å²) in [5.41, 5.74) is 2.80. The van der Waals surface area contributed by atoms with E-state index < -0.39 is 0 Å². The number of pyridine rings is 1. The quantitative estimate of drug-likeness (QED) is 0.386. The van der Waals surface area contributed by atoms with Crippen molar-refractivity contribution in [3.05, 3.63) is 29.7 Å². The van der Waals surface area contributed by atoms with E-state index in [1.165, 1.54) is 6.20 Å². The number of hydrogen-bond acceptors (Lipinski definition) is 7. The number of nitrogen functional groups attached to an aromatic ring is 1. The van der Waals surface area contributed by atoms with Crippen LogP contribution in [0.4, 0.5) is 5.82 Å². The fraction of sp³-hybridized carbons (Fsp3) is 0.125. The molecule has 9 heteroatoms. The first-order chi connectivity index (χ1) is 8.29. The Morgan fingerprint density at radius 1 is 1.47 bits per heavy atom. The van der Waals surface area contributed by atoms with E-state index in [0.717, 1.165) is 0 Å². The lowest BCUT2D eigenvalue weighted by Crippen LogP contribution is -2.23. The molecule has 2 aromatic rings. The number of carbonyl (C=O) groups is 1. The summed E-state index contributed by atoms with van der Waals surface area (Å²) in [7, 11) is 0. The number of carbonyl (C=O) groups excluding carboxylic acids is 1.